The third-order valence-corrected chi connectivity index (χ3v) is 6.11. The van der Waals surface area contributed by atoms with Crippen molar-refractivity contribution in [3.05, 3.63) is 28.8 Å². The molecule has 0 amide bonds. The van der Waals surface area contributed by atoms with Crippen LogP contribution >= 0.6 is 10.9 Å². The third kappa shape index (κ3) is 1.83. The Morgan fingerprint density at radius 2 is 1.43 bits per heavy atom. The number of aryl methyl sites for hydroxylation is 3. The second-order valence-electron chi connectivity index (χ2n) is 4.44. The summed E-state index contributed by atoms with van der Waals surface area (Å²) < 4.78 is 0. The molecule has 0 radical (unpaired) electrons. The standard InChI is InChI=1S/C13H20S/c1-10-8-11(2)13(12(3)9-10)14-6-4-5-7-14/h8-9,14H,4-7H2,1-3H3. The van der Waals surface area contributed by atoms with Crippen molar-refractivity contribution in [1.82, 2.24) is 0 Å². The van der Waals surface area contributed by atoms with E-state index in [2.05, 4.69) is 32.9 Å². The zero-order chi connectivity index (χ0) is 10.1. The normalized spacial score (nSPS) is 18.9. The predicted octanol–water partition coefficient (Wildman–Crippen LogP) is 3.77. The molecule has 0 aromatic heterocycles. The van der Waals surface area contributed by atoms with Gasteiger partial charge >= 0.3 is 0 Å². The first-order chi connectivity index (χ1) is 6.68. The van der Waals surface area contributed by atoms with Crippen molar-refractivity contribution < 1.29 is 0 Å². The lowest BCUT2D eigenvalue weighted by Crippen LogP contribution is -1.94. The van der Waals surface area contributed by atoms with Crippen LogP contribution in [0.1, 0.15) is 29.5 Å². The first-order valence-corrected chi connectivity index (χ1v) is 7.22. The smallest absolute Gasteiger partial charge is 0.00661 e. The van der Waals surface area contributed by atoms with Crippen LogP contribution in [-0.4, -0.2) is 11.5 Å². The van der Waals surface area contributed by atoms with Crippen LogP contribution in [0.2, 0.25) is 0 Å². The molecule has 0 bridgehead atoms. The second-order valence-corrected chi connectivity index (χ2v) is 6.86. The van der Waals surface area contributed by atoms with E-state index in [1.165, 1.54) is 41.0 Å². The van der Waals surface area contributed by atoms with E-state index >= 15 is 0 Å². The van der Waals surface area contributed by atoms with E-state index in [1.807, 2.05) is 0 Å². The zero-order valence-corrected chi connectivity index (χ0v) is 10.3. The fourth-order valence-electron chi connectivity index (χ4n) is 2.61. The zero-order valence-electron chi connectivity index (χ0n) is 9.43. The highest BCUT2D eigenvalue weighted by Crippen LogP contribution is 2.46. The lowest BCUT2D eigenvalue weighted by molar-refractivity contribution is 0.949. The van der Waals surface area contributed by atoms with Crippen molar-refractivity contribution >= 4 is 10.9 Å². The molecule has 0 aliphatic carbocycles. The molecule has 0 unspecified atom stereocenters. The maximum atomic E-state index is 2.35. The summed E-state index contributed by atoms with van der Waals surface area (Å²) in [5, 5.41) is 0. The summed E-state index contributed by atoms with van der Waals surface area (Å²) in [7, 11) is 0.206. The first kappa shape index (κ1) is 10.1. The molecule has 1 aromatic rings. The van der Waals surface area contributed by atoms with Crippen LogP contribution in [0.15, 0.2) is 17.0 Å². The minimum absolute atomic E-state index is 0.206. The van der Waals surface area contributed by atoms with Gasteiger partial charge in [0.05, 0.1) is 0 Å². The topological polar surface area (TPSA) is 0 Å². The van der Waals surface area contributed by atoms with Gasteiger partial charge in [0.25, 0.3) is 0 Å². The Hall–Kier alpha value is -0.430. The van der Waals surface area contributed by atoms with Crippen LogP contribution in [0.4, 0.5) is 0 Å². The van der Waals surface area contributed by atoms with Gasteiger partial charge in [-0.2, -0.15) is 0 Å². The van der Waals surface area contributed by atoms with Gasteiger partial charge in [-0.3, -0.25) is 0 Å². The van der Waals surface area contributed by atoms with Crippen LogP contribution < -0.4 is 0 Å². The Morgan fingerprint density at radius 1 is 0.929 bits per heavy atom. The van der Waals surface area contributed by atoms with Crippen LogP contribution in [0, 0.1) is 20.8 Å². The van der Waals surface area contributed by atoms with Crippen LogP contribution in [0.5, 0.6) is 0 Å². The fraction of sp³-hybridized carbons (Fsp3) is 0.538. The van der Waals surface area contributed by atoms with Gasteiger partial charge in [-0.15, -0.1) is 0 Å². The molecule has 14 heavy (non-hydrogen) atoms. The average molecular weight is 208 g/mol. The van der Waals surface area contributed by atoms with Gasteiger partial charge in [0, 0.05) is 0 Å². The molecule has 2 rings (SSSR count). The number of thiol groups is 1. The number of rotatable bonds is 1. The van der Waals surface area contributed by atoms with E-state index in [1.54, 1.807) is 4.90 Å². The summed E-state index contributed by atoms with van der Waals surface area (Å²) in [5.74, 6) is 2.94. The Kier molecular flexibility index (Phi) is 2.87. The average Bonchev–Trinajstić information content (AvgIpc) is 2.54. The van der Waals surface area contributed by atoms with Crippen molar-refractivity contribution in [2.45, 2.75) is 38.5 Å². The summed E-state index contributed by atoms with van der Waals surface area (Å²) in [6, 6.07) is 4.70. The molecule has 78 valence electrons. The van der Waals surface area contributed by atoms with Crippen LogP contribution in [-0.2, 0) is 0 Å². The number of benzene rings is 1. The van der Waals surface area contributed by atoms with Crippen molar-refractivity contribution in [2.75, 3.05) is 11.5 Å². The molecular weight excluding hydrogens is 188 g/mol. The fourth-order valence-corrected chi connectivity index (χ4v) is 5.62. The van der Waals surface area contributed by atoms with Crippen molar-refractivity contribution in [3.63, 3.8) is 0 Å². The highest BCUT2D eigenvalue weighted by molar-refractivity contribution is 8.17. The highest BCUT2D eigenvalue weighted by Gasteiger charge is 2.16. The summed E-state index contributed by atoms with van der Waals surface area (Å²) >= 11 is 0. The molecule has 0 atom stereocenters. The van der Waals surface area contributed by atoms with E-state index in [4.69, 9.17) is 0 Å². The molecule has 1 aliphatic rings. The molecule has 1 aromatic carbocycles. The minimum atomic E-state index is 0.206. The van der Waals surface area contributed by atoms with E-state index in [0.29, 0.717) is 0 Å². The molecule has 0 nitrogen and oxygen atoms in total. The number of hydrogen-bond donors (Lipinski definition) is 1. The second kappa shape index (κ2) is 3.98. The Bertz CT molecular complexity index is 312. The predicted molar refractivity (Wildman–Crippen MR) is 66.9 cm³/mol. The molecule has 0 saturated carbocycles. The summed E-state index contributed by atoms with van der Waals surface area (Å²) in [6.45, 7) is 6.78. The summed E-state index contributed by atoms with van der Waals surface area (Å²) in [5.41, 5.74) is 4.49. The molecule has 1 fully saturated rings. The maximum absolute atomic E-state index is 2.35. The van der Waals surface area contributed by atoms with Crippen LogP contribution in [0.3, 0.4) is 0 Å². The van der Waals surface area contributed by atoms with Crippen LogP contribution in [0.25, 0.3) is 0 Å². The maximum Gasteiger partial charge on any atom is -0.00661 e. The van der Waals surface area contributed by atoms with E-state index in [9.17, 15) is 0 Å². The van der Waals surface area contributed by atoms with E-state index in [0.717, 1.165) is 0 Å². The molecule has 1 heteroatoms. The molecular formula is C13H20S. The first-order valence-electron chi connectivity index (χ1n) is 5.51. The van der Waals surface area contributed by atoms with Gasteiger partial charge in [0.1, 0.15) is 0 Å². The molecule has 0 spiro atoms. The molecule has 1 aliphatic heterocycles. The van der Waals surface area contributed by atoms with Gasteiger partial charge in [-0.05, 0) is 61.1 Å². The highest BCUT2D eigenvalue weighted by atomic mass is 32.2. The van der Waals surface area contributed by atoms with Gasteiger partial charge < -0.3 is 0 Å². The Labute approximate surface area is 90.1 Å². The van der Waals surface area contributed by atoms with E-state index < -0.39 is 0 Å². The van der Waals surface area contributed by atoms with Gasteiger partial charge in [-0.1, -0.05) is 17.7 Å². The van der Waals surface area contributed by atoms with Crippen molar-refractivity contribution in [1.29, 1.82) is 0 Å². The molecule has 1 heterocycles. The largest absolute Gasteiger partial charge is 0.226 e. The lowest BCUT2D eigenvalue weighted by Gasteiger charge is -2.20. The van der Waals surface area contributed by atoms with Gasteiger partial charge in [0.2, 0.25) is 0 Å². The third-order valence-electron chi connectivity index (χ3n) is 3.06. The van der Waals surface area contributed by atoms with Gasteiger partial charge in [-0.25, -0.2) is 10.9 Å². The monoisotopic (exact) mass is 208 g/mol. The van der Waals surface area contributed by atoms with E-state index in [-0.39, 0.29) is 10.9 Å². The van der Waals surface area contributed by atoms with Gasteiger partial charge in [0.15, 0.2) is 0 Å². The quantitative estimate of drug-likeness (QED) is 0.667. The minimum Gasteiger partial charge on any atom is -0.226 e. The molecule has 1 saturated heterocycles. The SMILES string of the molecule is Cc1cc(C)c([SH]2CCCC2)c(C)c1. The summed E-state index contributed by atoms with van der Waals surface area (Å²) in [4.78, 5) is 1.71. The van der Waals surface area contributed by atoms with Crippen molar-refractivity contribution in [3.8, 4) is 0 Å². The summed E-state index contributed by atoms with van der Waals surface area (Å²) in [6.07, 6.45) is 2.91. The lowest BCUT2D eigenvalue weighted by atomic mass is 10.1. The molecule has 0 N–H and O–H groups in total. The number of hydrogen-bond acceptors (Lipinski definition) is 0. The Morgan fingerprint density at radius 3 is 1.93 bits per heavy atom. The Balaban J connectivity index is 2.40. The van der Waals surface area contributed by atoms with Crippen molar-refractivity contribution in [2.24, 2.45) is 0 Å².